The van der Waals surface area contributed by atoms with E-state index in [2.05, 4.69) is 10.4 Å². The van der Waals surface area contributed by atoms with Crippen LogP contribution in [0.15, 0.2) is 30.5 Å². The molecule has 0 aliphatic heterocycles. The van der Waals surface area contributed by atoms with Crippen molar-refractivity contribution in [1.29, 1.82) is 0 Å². The number of benzene rings is 1. The van der Waals surface area contributed by atoms with Gasteiger partial charge in [0.2, 0.25) is 0 Å². The molecule has 0 aliphatic carbocycles. The van der Waals surface area contributed by atoms with Crippen molar-refractivity contribution in [2.75, 3.05) is 6.54 Å². The van der Waals surface area contributed by atoms with Crippen molar-refractivity contribution in [3.8, 4) is 11.3 Å². The molecule has 0 saturated carbocycles. The van der Waals surface area contributed by atoms with Crippen molar-refractivity contribution >= 4 is 0 Å². The van der Waals surface area contributed by atoms with Gasteiger partial charge in [0.25, 0.3) is 0 Å². The van der Waals surface area contributed by atoms with E-state index < -0.39 is 0 Å². The molecule has 0 saturated heterocycles. The molecule has 4 heteroatoms. The van der Waals surface area contributed by atoms with Gasteiger partial charge in [-0.05, 0) is 18.7 Å². The molecule has 1 heterocycles. The Kier molecular flexibility index (Phi) is 3.54. The maximum Gasteiger partial charge on any atom is 0.132 e. The van der Waals surface area contributed by atoms with Gasteiger partial charge in [-0.1, -0.05) is 19.1 Å². The summed E-state index contributed by atoms with van der Waals surface area (Å²) in [6, 6.07) is 6.73. The van der Waals surface area contributed by atoms with Crippen LogP contribution in [0.3, 0.4) is 0 Å². The Morgan fingerprint density at radius 2 is 2.12 bits per heavy atom. The normalized spacial score (nSPS) is 10.8. The highest BCUT2D eigenvalue weighted by molar-refractivity contribution is 5.63. The van der Waals surface area contributed by atoms with Gasteiger partial charge in [0.15, 0.2) is 0 Å². The summed E-state index contributed by atoms with van der Waals surface area (Å²) >= 11 is 0. The highest BCUT2D eigenvalue weighted by Gasteiger charge is 2.12. The zero-order valence-electron chi connectivity index (χ0n) is 10.1. The average molecular weight is 233 g/mol. The Balaban J connectivity index is 2.41. The summed E-state index contributed by atoms with van der Waals surface area (Å²) in [5.74, 6) is -0.232. The van der Waals surface area contributed by atoms with E-state index in [-0.39, 0.29) is 5.82 Å². The Hall–Kier alpha value is -1.68. The molecule has 1 aromatic heterocycles. The van der Waals surface area contributed by atoms with Crippen LogP contribution >= 0.6 is 0 Å². The number of nitrogens with one attached hydrogen (secondary N) is 1. The molecule has 0 bridgehead atoms. The van der Waals surface area contributed by atoms with Crippen molar-refractivity contribution in [2.45, 2.75) is 13.5 Å². The summed E-state index contributed by atoms with van der Waals surface area (Å²) in [6.45, 7) is 3.62. The number of hydrogen-bond donors (Lipinski definition) is 1. The molecule has 2 aromatic rings. The predicted octanol–water partition coefficient (Wildman–Crippen LogP) is 2.34. The number of halogens is 1. The molecule has 0 unspecified atom stereocenters. The number of rotatable bonds is 4. The summed E-state index contributed by atoms with van der Waals surface area (Å²) < 4.78 is 15.4. The van der Waals surface area contributed by atoms with Gasteiger partial charge in [-0.3, -0.25) is 4.68 Å². The maximum atomic E-state index is 13.7. The third kappa shape index (κ3) is 2.53. The summed E-state index contributed by atoms with van der Waals surface area (Å²) in [5.41, 5.74) is 2.28. The molecule has 2 rings (SSSR count). The molecule has 0 aliphatic rings. The second kappa shape index (κ2) is 5.10. The molecule has 3 nitrogen and oxygen atoms in total. The Morgan fingerprint density at radius 3 is 2.82 bits per heavy atom. The van der Waals surface area contributed by atoms with Crippen molar-refractivity contribution in [1.82, 2.24) is 15.1 Å². The van der Waals surface area contributed by atoms with Crippen molar-refractivity contribution in [3.05, 3.63) is 41.8 Å². The van der Waals surface area contributed by atoms with Crippen molar-refractivity contribution in [2.24, 2.45) is 7.05 Å². The fourth-order valence-corrected chi connectivity index (χ4v) is 1.81. The van der Waals surface area contributed by atoms with E-state index in [9.17, 15) is 4.39 Å². The van der Waals surface area contributed by atoms with Gasteiger partial charge in [-0.2, -0.15) is 5.10 Å². The smallest absolute Gasteiger partial charge is 0.132 e. The van der Waals surface area contributed by atoms with Crippen LogP contribution in [0.5, 0.6) is 0 Å². The van der Waals surface area contributed by atoms with Crippen LogP contribution in [0.25, 0.3) is 11.3 Å². The molecular formula is C13H16FN3. The number of hydrogen-bond acceptors (Lipinski definition) is 2. The van der Waals surface area contributed by atoms with Crippen LogP contribution in [-0.4, -0.2) is 16.3 Å². The van der Waals surface area contributed by atoms with Crippen LogP contribution < -0.4 is 5.32 Å². The molecule has 1 aromatic carbocycles. The lowest BCUT2D eigenvalue weighted by atomic mass is 10.1. The molecular weight excluding hydrogens is 217 g/mol. The summed E-state index contributed by atoms with van der Waals surface area (Å²) in [6.07, 6.45) is 1.92. The Labute approximate surface area is 100 Å². The number of aromatic nitrogens is 2. The van der Waals surface area contributed by atoms with Crippen LogP contribution in [0.4, 0.5) is 4.39 Å². The van der Waals surface area contributed by atoms with Crippen molar-refractivity contribution < 1.29 is 4.39 Å². The first-order valence-corrected chi connectivity index (χ1v) is 5.70. The molecule has 90 valence electrons. The minimum Gasteiger partial charge on any atom is -0.313 e. The lowest BCUT2D eigenvalue weighted by Gasteiger charge is -2.03. The molecule has 0 atom stereocenters. The highest BCUT2D eigenvalue weighted by atomic mass is 19.1. The van der Waals surface area contributed by atoms with Crippen molar-refractivity contribution in [3.63, 3.8) is 0 Å². The van der Waals surface area contributed by atoms with E-state index in [4.69, 9.17) is 0 Å². The molecule has 1 N–H and O–H groups in total. The second-order valence-electron chi connectivity index (χ2n) is 3.94. The molecule has 0 spiro atoms. The Bertz CT molecular complexity index is 505. The quantitative estimate of drug-likeness (QED) is 0.878. The number of nitrogens with zero attached hydrogens (tertiary/aromatic N) is 2. The molecule has 0 radical (unpaired) electrons. The van der Waals surface area contributed by atoms with E-state index in [1.54, 1.807) is 16.8 Å². The third-order valence-corrected chi connectivity index (χ3v) is 2.60. The molecule has 0 fully saturated rings. The fourth-order valence-electron chi connectivity index (χ4n) is 1.81. The zero-order chi connectivity index (χ0) is 12.3. The molecule has 17 heavy (non-hydrogen) atoms. The highest BCUT2D eigenvalue weighted by Crippen LogP contribution is 2.24. The summed E-state index contributed by atoms with van der Waals surface area (Å²) in [7, 11) is 1.85. The monoisotopic (exact) mass is 233 g/mol. The van der Waals surface area contributed by atoms with E-state index >= 15 is 0 Å². The van der Waals surface area contributed by atoms with Gasteiger partial charge in [0, 0.05) is 30.9 Å². The Morgan fingerprint density at radius 1 is 1.35 bits per heavy atom. The first-order valence-electron chi connectivity index (χ1n) is 5.70. The van der Waals surface area contributed by atoms with Crippen LogP contribution in [0, 0.1) is 5.82 Å². The van der Waals surface area contributed by atoms with E-state index in [0.717, 1.165) is 12.1 Å². The van der Waals surface area contributed by atoms with Gasteiger partial charge in [0.1, 0.15) is 5.82 Å². The predicted molar refractivity (Wildman–Crippen MR) is 66.0 cm³/mol. The first-order chi connectivity index (χ1) is 8.22. The molecule has 0 amide bonds. The van der Waals surface area contributed by atoms with Crippen LogP contribution in [0.1, 0.15) is 12.5 Å². The van der Waals surface area contributed by atoms with Gasteiger partial charge >= 0.3 is 0 Å². The summed E-state index contributed by atoms with van der Waals surface area (Å²) in [5, 5.41) is 7.56. The SMILES string of the molecule is CCNCc1cn(C)nc1-c1ccccc1F. The van der Waals surface area contributed by atoms with Crippen LogP contribution in [0.2, 0.25) is 0 Å². The lowest BCUT2D eigenvalue weighted by molar-refractivity contribution is 0.629. The minimum atomic E-state index is -0.232. The zero-order valence-corrected chi connectivity index (χ0v) is 10.1. The third-order valence-electron chi connectivity index (χ3n) is 2.60. The second-order valence-corrected chi connectivity index (χ2v) is 3.94. The van der Waals surface area contributed by atoms with Gasteiger partial charge in [0.05, 0.1) is 5.69 Å². The minimum absolute atomic E-state index is 0.232. The average Bonchev–Trinajstić information content (AvgIpc) is 2.68. The maximum absolute atomic E-state index is 13.7. The van der Waals surface area contributed by atoms with E-state index in [1.807, 2.05) is 26.2 Å². The van der Waals surface area contributed by atoms with Crippen LogP contribution in [-0.2, 0) is 13.6 Å². The standard InChI is InChI=1S/C13H16FN3/c1-3-15-8-10-9-17(2)16-13(10)11-6-4-5-7-12(11)14/h4-7,9,15H,3,8H2,1-2H3. The van der Waals surface area contributed by atoms with Gasteiger partial charge < -0.3 is 5.32 Å². The number of aryl methyl sites for hydroxylation is 1. The van der Waals surface area contributed by atoms with E-state index in [1.165, 1.54) is 6.07 Å². The topological polar surface area (TPSA) is 29.9 Å². The first kappa shape index (κ1) is 11.8. The van der Waals surface area contributed by atoms with Gasteiger partial charge in [-0.15, -0.1) is 0 Å². The summed E-state index contributed by atoms with van der Waals surface area (Å²) in [4.78, 5) is 0. The largest absolute Gasteiger partial charge is 0.313 e. The lowest BCUT2D eigenvalue weighted by Crippen LogP contribution is -2.11. The fraction of sp³-hybridized carbons (Fsp3) is 0.308. The van der Waals surface area contributed by atoms with Gasteiger partial charge in [-0.25, -0.2) is 4.39 Å². The van der Waals surface area contributed by atoms with E-state index in [0.29, 0.717) is 17.8 Å².